The van der Waals surface area contributed by atoms with E-state index in [-0.39, 0.29) is 11.9 Å². The quantitative estimate of drug-likeness (QED) is 0.892. The second-order valence-electron chi connectivity index (χ2n) is 5.67. The van der Waals surface area contributed by atoms with E-state index in [1.807, 2.05) is 26.2 Å². The first-order valence-corrected chi connectivity index (χ1v) is 7.23. The molecule has 3 heteroatoms. The Bertz CT molecular complexity index is 591. The fourth-order valence-electron chi connectivity index (χ4n) is 2.18. The summed E-state index contributed by atoms with van der Waals surface area (Å²) in [4.78, 5) is 2.08. The topological polar surface area (TPSA) is 15.3 Å². The third-order valence-electron chi connectivity index (χ3n) is 3.76. The second-order valence-corrected chi connectivity index (χ2v) is 5.67. The molecule has 2 aromatic rings. The highest BCUT2D eigenvalue weighted by Crippen LogP contribution is 2.17. The van der Waals surface area contributed by atoms with Crippen molar-refractivity contribution in [3.05, 3.63) is 65.0 Å². The van der Waals surface area contributed by atoms with E-state index in [2.05, 4.69) is 41.4 Å². The summed E-state index contributed by atoms with van der Waals surface area (Å²) < 4.78 is 13.6. The summed E-state index contributed by atoms with van der Waals surface area (Å²) in [5.74, 6) is -0.142. The predicted molar refractivity (Wildman–Crippen MR) is 87.2 cm³/mol. The van der Waals surface area contributed by atoms with Crippen LogP contribution >= 0.6 is 0 Å². The number of rotatable bonds is 5. The van der Waals surface area contributed by atoms with Crippen molar-refractivity contribution in [2.75, 3.05) is 19.0 Å². The average molecular weight is 286 g/mol. The van der Waals surface area contributed by atoms with E-state index in [0.717, 1.165) is 12.1 Å². The van der Waals surface area contributed by atoms with Gasteiger partial charge in [0.15, 0.2) is 0 Å². The van der Waals surface area contributed by atoms with Crippen LogP contribution in [0.4, 0.5) is 10.1 Å². The molecule has 21 heavy (non-hydrogen) atoms. The minimum absolute atomic E-state index is 0.119. The van der Waals surface area contributed by atoms with Crippen LogP contribution < -0.4 is 10.2 Å². The van der Waals surface area contributed by atoms with Gasteiger partial charge in [-0.2, -0.15) is 0 Å². The Kier molecular flexibility index (Phi) is 4.97. The van der Waals surface area contributed by atoms with Crippen LogP contribution in [0.25, 0.3) is 0 Å². The SMILES string of the molecule is Cc1ccc(C(C)NCc2ccc(N(C)C)cc2)cc1F. The van der Waals surface area contributed by atoms with Crippen LogP contribution in [-0.2, 0) is 6.54 Å². The maximum absolute atomic E-state index is 13.6. The van der Waals surface area contributed by atoms with Gasteiger partial charge in [0.1, 0.15) is 5.82 Å². The summed E-state index contributed by atoms with van der Waals surface area (Å²) in [6, 6.07) is 14.0. The third-order valence-corrected chi connectivity index (χ3v) is 3.76. The summed E-state index contributed by atoms with van der Waals surface area (Å²) in [7, 11) is 4.06. The summed E-state index contributed by atoms with van der Waals surface area (Å²) >= 11 is 0. The average Bonchev–Trinajstić information content (AvgIpc) is 2.48. The second kappa shape index (κ2) is 6.72. The molecule has 1 N–H and O–H groups in total. The largest absolute Gasteiger partial charge is 0.378 e. The molecular formula is C18H23FN2. The minimum Gasteiger partial charge on any atom is -0.378 e. The zero-order chi connectivity index (χ0) is 15.4. The number of nitrogens with one attached hydrogen (secondary N) is 1. The Morgan fingerprint density at radius 1 is 1.10 bits per heavy atom. The molecule has 2 rings (SSSR count). The Morgan fingerprint density at radius 3 is 2.33 bits per heavy atom. The van der Waals surface area contributed by atoms with E-state index in [0.29, 0.717) is 5.56 Å². The predicted octanol–water partition coefficient (Wildman–Crippen LogP) is 4.05. The van der Waals surface area contributed by atoms with Gasteiger partial charge in [-0.3, -0.25) is 0 Å². The van der Waals surface area contributed by atoms with Crippen molar-refractivity contribution in [2.45, 2.75) is 26.4 Å². The zero-order valence-corrected chi connectivity index (χ0v) is 13.2. The van der Waals surface area contributed by atoms with Crippen LogP contribution in [-0.4, -0.2) is 14.1 Å². The number of hydrogen-bond donors (Lipinski definition) is 1. The van der Waals surface area contributed by atoms with E-state index >= 15 is 0 Å². The van der Waals surface area contributed by atoms with Crippen LogP contribution in [0.2, 0.25) is 0 Å². The molecule has 0 aliphatic heterocycles. The smallest absolute Gasteiger partial charge is 0.126 e. The van der Waals surface area contributed by atoms with Crippen molar-refractivity contribution in [3.8, 4) is 0 Å². The van der Waals surface area contributed by atoms with Gasteiger partial charge >= 0.3 is 0 Å². The Labute approximate surface area is 126 Å². The van der Waals surface area contributed by atoms with E-state index in [1.165, 1.54) is 11.3 Å². The van der Waals surface area contributed by atoms with Crippen LogP contribution in [0.5, 0.6) is 0 Å². The van der Waals surface area contributed by atoms with Gasteiger partial charge in [-0.1, -0.05) is 24.3 Å². The molecule has 112 valence electrons. The Morgan fingerprint density at radius 2 is 1.76 bits per heavy atom. The molecule has 0 heterocycles. The maximum Gasteiger partial charge on any atom is 0.126 e. The van der Waals surface area contributed by atoms with Crippen LogP contribution in [0.1, 0.15) is 29.7 Å². The highest BCUT2D eigenvalue weighted by Gasteiger charge is 2.07. The highest BCUT2D eigenvalue weighted by molar-refractivity contribution is 5.46. The monoisotopic (exact) mass is 286 g/mol. The zero-order valence-electron chi connectivity index (χ0n) is 13.2. The lowest BCUT2D eigenvalue weighted by molar-refractivity contribution is 0.563. The van der Waals surface area contributed by atoms with Gasteiger partial charge in [-0.25, -0.2) is 4.39 Å². The number of nitrogens with zero attached hydrogens (tertiary/aromatic N) is 1. The van der Waals surface area contributed by atoms with Crippen molar-refractivity contribution in [1.29, 1.82) is 0 Å². The van der Waals surface area contributed by atoms with Crippen molar-refractivity contribution >= 4 is 5.69 Å². The van der Waals surface area contributed by atoms with Crippen molar-refractivity contribution in [1.82, 2.24) is 5.32 Å². The third kappa shape index (κ3) is 4.05. The number of aryl methyl sites for hydroxylation is 1. The van der Waals surface area contributed by atoms with Gasteiger partial charge in [0.25, 0.3) is 0 Å². The molecule has 0 bridgehead atoms. The molecule has 1 unspecified atom stereocenters. The van der Waals surface area contributed by atoms with Crippen LogP contribution in [0.15, 0.2) is 42.5 Å². The molecule has 0 saturated carbocycles. The number of anilines is 1. The Balaban J connectivity index is 1.97. The highest BCUT2D eigenvalue weighted by atomic mass is 19.1. The standard InChI is InChI=1S/C18H23FN2/c1-13-5-8-16(11-18(13)19)14(2)20-12-15-6-9-17(10-7-15)21(3)4/h5-11,14,20H,12H2,1-4H3. The van der Waals surface area contributed by atoms with E-state index in [1.54, 1.807) is 13.0 Å². The van der Waals surface area contributed by atoms with Crippen molar-refractivity contribution in [3.63, 3.8) is 0 Å². The lowest BCUT2D eigenvalue weighted by Crippen LogP contribution is -2.18. The lowest BCUT2D eigenvalue weighted by atomic mass is 10.1. The van der Waals surface area contributed by atoms with Gasteiger partial charge in [0.05, 0.1) is 0 Å². The molecule has 2 aromatic carbocycles. The molecule has 0 fully saturated rings. The fraction of sp³-hybridized carbons (Fsp3) is 0.333. The summed E-state index contributed by atoms with van der Waals surface area (Å²) in [6.07, 6.45) is 0. The molecule has 0 aliphatic rings. The number of benzene rings is 2. The van der Waals surface area contributed by atoms with E-state index < -0.39 is 0 Å². The van der Waals surface area contributed by atoms with Crippen molar-refractivity contribution < 1.29 is 4.39 Å². The summed E-state index contributed by atoms with van der Waals surface area (Å²) in [5.41, 5.74) is 4.07. The fourth-order valence-corrected chi connectivity index (χ4v) is 2.18. The molecule has 0 aromatic heterocycles. The first-order chi connectivity index (χ1) is 9.97. The molecule has 0 saturated heterocycles. The van der Waals surface area contributed by atoms with Gasteiger partial charge in [0.2, 0.25) is 0 Å². The molecule has 1 atom stereocenters. The minimum atomic E-state index is -0.142. The normalized spacial score (nSPS) is 12.2. The first kappa shape index (κ1) is 15.5. The molecule has 0 spiro atoms. The molecule has 0 radical (unpaired) electrons. The summed E-state index contributed by atoms with van der Waals surface area (Å²) in [6.45, 7) is 4.60. The molecule has 0 aliphatic carbocycles. The number of halogens is 1. The molecule has 0 amide bonds. The van der Waals surface area contributed by atoms with Crippen molar-refractivity contribution in [2.24, 2.45) is 0 Å². The van der Waals surface area contributed by atoms with Gasteiger partial charge in [-0.05, 0) is 48.7 Å². The first-order valence-electron chi connectivity index (χ1n) is 7.23. The van der Waals surface area contributed by atoms with Gasteiger partial charge < -0.3 is 10.2 Å². The van der Waals surface area contributed by atoms with Crippen LogP contribution in [0.3, 0.4) is 0 Å². The summed E-state index contributed by atoms with van der Waals surface area (Å²) in [5, 5.41) is 3.43. The molecule has 2 nitrogen and oxygen atoms in total. The van der Waals surface area contributed by atoms with Crippen LogP contribution in [0, 0.1) is 12.7 Å². The van der Waals surface area contributed by atoms with Gasteiger partial charge in [0, 0.05) is 32.4 Å². The van der Waals surface area contributed by atoms with E-state index in [9.17, 15) is 4.39 Å². The van der Waals surface area contributed by atoms with E-state index in [4.69, 9.17) is 0 Å². The Hall–Kier alpha value is -1.87. The van der Waals surface area contributed by atoms with Gasteiger partial charge in [-0.15, -0.1) is 0 Å². The lowest BCUT2D eigenvalue weighted by Gasteiger charge is -2.16. The maximum atomic E-state index is 13.6. The number of hydrogen-bond acceptors (Lipinski definition) is 2. The molecular weight excluding hydrogens is 263 g/mol.